The Balaban J connectivity index is 1.68. The van der Waals surface area contributed by atoms with Gasteiger partial charge in [-0.25, -0.2) is 0 Å². The minimum atomic E-state index is 0.237. The van der Waals surface area contributed by atoms with E-state index in [1.165, 1.54) is 28.7 Å². The predicted octanol–water partition coefficient (Wildman–Crippen LogP) is 4.85. The summed E-state index contributed by atoms with van der Waals surface area (Å²) < 4.78 is 0. The van der Waals surface area contributed by atoms with Crippen molar-refractivity contribution in [2.24, 2.45) is 0 Å². The molecule has 3 rings (SSSR count). The maximum absolute atomic E-state index is 2.56. The summed E-state index contributed by atoms with van der Waals surface area (Å²) in [6.07, 6.45) is 1.18. The summed E-state index contributed by atoms with van der Waals surface area (Å²) in [5, 5.41) is 0. The average molecular weight is 293 g/mol. The zero-order valence-electron chi connectivity index (χ0n) is 14.3. The summed E-state index contributed by atoms with van der Waals surface area (Å²) in [6, 6.07) is 16.1. The highest BCUT2D eigenvalue weighted by Gasteiger charge is 2.17. The van der Waals surface area contributed by atoms with Gasteiger partial charge in [0.25, 0.3) is 0 Å². The monoisotopic (exact) mass is 293 g/mol. The van der Waals surface area contributed by atoms with E-state index < -0.39 is 0 Å². The number of benzene rings is 2. The molecule has 0 N–H and O–H groups in total. The molecule has 0 saturated heterocycles. The maximum Gasteiger partial charge on any atom is 0.0240 e. The van der Waals surface area contributed by atoms with Crippen LogP contribution in [0.5, 0.6) is 0 Å². The van der Waals surface area contributed by atoms with Crippen molar-refractivity contribution >= 4 is 0 Å². The third-order valence-corrected chi connectivity index (χ3v) is 4.68. The standard InChI is InChI=1S/C21H27N/c1-16-5-8-19-15-22(12-11-18(19)13-16)14-17-6-9-20(10-7-17)21(2,3)4/h5-10,13H,11-12,14-15H2,1-4H3. The fourth-order valence-electron chi connectivity index (χ4n) is 3.24. The molecule has 2 aromatic carbocycles. The van der Waals surface area contributed by atoms with E-state index in [0.717, 1.165) is 19.6 Å². The number of rotatable bonds is 2. The number of nitrogens with zero attached hydrogens (tertiary/aromatic N) is 1. The smallest absolute Gasteiger partial charge is 0.0240 e. The molecule has 1 aliphatic rings. The normalized spacial score (nSPS) is 15.6. The summed E-state index contributed by atoms with van der Waals surface area (Å²) in [4.78, 5) is 2.56. The highest BCUT2D eigenvalue weighted by molar-refractivity contribution is 5.33. The van der Waals surface area contributed by atoms with Crippen molar-refractivity contribution < 1.29 is 0 Å². The molecule has 1 heteroatoms. The second-order valence-corrected chi connectivity index (χ2v) is 7.68. The van der Waals surface area contributed by atoms with Crippen LogP contribution in [0, 0.1) is 6.92 Å². The first-order valence-electron chi connectivity index (χ1n) is 8.32. The van der Waals surface area contributed by atoms with Crippen molar-refractivity contribution in [3.05, 3.63) is 70.3 Å². The molecule has 0 aromatic heterocycles. The maximum atomic E-state index is 2.56. The molecular weight excluding hydrogens is 266 g/mol. The first-order chi connectivity index (χ1) is 10.4. The van der Waals surface area contributed by atoms with Gasteiger partial charge in [-0.2, -0.15) is 0 Å². The van der Waals surface area contributed by atoms with Gasteiger partial charge in [-0.1, -0.05) is 68.8 Å². The molecule has 0 bridgehead atoms. The van der Waals surface area contributed by atoms with Crippen LogP contribution in [0.25, 0.3) is 0 Å². The van der Waals surface area contributed by atoms with E-state index >= 15 is 0 Å². The van der Waals surface area contributed by atoms with Gasteiger partial charge in [0.2, 0.25) is 0 Å². The summed E-state index contributed by atoms with van der Waals surface area (Å²) in [7, 11) is 0. The van der Waals surface area contributed by atoms with Crippen LogP contribution in [-0.4, -0.2) is 11.4 Å². The van der Waals surface area contributed by atoms with Crippen molar-refractivity contribution in [1.82, 2.24) is 4.90 Å². The molecule has 22 heavy (non-hydrogen) atoms. The molecule has 0 atom stereocenters. The van der Waals surface area contributed by atoms with Crippen molar-refractivity contribution in [2.45, 2.75) is 52.6 Å². The van der Waals surface area contributed by atoms with E-state index in [1.54, 1.807) is 5.56 Å². The van der Waals surface area contributed by atoms with Crippen molar-refractivity contribution in [3.8, 4) is 0 Å². The van der Waals surface area contributed by atoms with Gasteiger partial charge in [-0.05, 0) is 41.0 Å². The van der Waals surface area contributed by atoms with Gasteiger partial charge >= 0.3 is 0 Å². The Morgan fingerprint density at radius 1 is 0.955 bits per heavy atom. The van der Waals surface area contributed by atoms with E-state index in [9.17, 15) is 0 Å². The number of hydrogen-bond acceptors (Lipinski definition) is 1. The van der Waals surface area contributed by atoms with E-state index in [0.29, 0.717) is 0 Å². The molecule has 0 radical (unpaired) electrons. The Hall–Kier alpha value is -1.60. The third-order valence-electron chi connectivity index (χ3n) is 4.68. The van der Waals surface area contributed by atoms with E-state index in [1.807, 2.05) is 0 Å². The molecule has 116 valence electrons. The molecule has 2 aromatic rings. The lowest BCUT2D eigenvalue weighted by Crippen LogP contribution is -2.30. The molecule has 1 heterocycles. The van der Waals surface area contributed by atoms with Crippen LogP contribution >= 0.6 is 0 Å². The predicted molar refractivity (Wildman–Crippen MR) is 94.1 cm³/mol. The molecule has 0 unspecified atom stereocenters. The second-order valence-electron chi connectivity index (χ2n) is 7.68. The number of fused-ring (bicyclic) bond motifs is 1. The first kappa shape index (κ1) is 15.3. The van der Waals surface area contributed by atoms with Gasteiger partial charge in [0.05, 0.1) is 0 Å². The second kappa shape index (κ2) is 5.89. The topological polar surface area (TPSA) is 3.24 Å². The number of aryl methyl sites for hydroxylation is 1. The highest BCUT2D eigenvalue weighted by Crippen LogP contribution is 2.24. The molecule has 1 aliphatic heterocycles. The van der Waals surface area contributed by atoms with Gasteiger partial charge in [-0.15, -0.1) is 0 Å². The average Bonchev–Trinajstić information content (AvgIpc) is 2.47. The number of hydrogen-bond donors (Lipinski definition) is 0. The van der Waals surface area contributed by atoms with Crippen LogP contribution in [0.4, 0.5) is 0 Å². The van der Waals surface area contributed by atoms with Crippen molar-refractivity contribution in [3.63, 3.8) is 0 Å². The van der Waals surface area contributed by atoms with Gasteiger partial charge in [0.1, 0.15) is 0 Å². The van der Waals surface area contributed by atoms with E-state index in [4.69, 9.17) is 0 Å². The fraction of sp³-hybridized carbons (Fsp3) is 0.429. The summed E-state index contributed by atoms with van der Waals surface area (Å²) in [6.45, 7) is 12.3. The zero-order chi connectivity index (χ0) is 15.7. The lowest BCUT2D eigenvalue weighted by molar-refractivity contribution is 0.245. The van der Waals surface area contributed by atoms with Crippen LogP contribution in [0.1, 0.15) is 48.6 Å². The molecule has 0 amide bonds. The van der Waals surface area contributed by atoms with Crippen LogP contribution in [0.2, 0.25) is 0 Å². The molecule has 1 nitrogen and oxygen atoms in total. The van der Waals surface area contributed by atoms with Gasteiger partial charge < -0.3 is 0 Å². The summed E-state index contributed by atoms with van der Waals surface area (Å²) in [5.41, 5.74) is 7.49. The van der Waals surface area contributed by atoms with Crippen LogP contribution in [0.15, 0.2) is 42.5 Å². The minimum absolute atomic E-state index is 0.237. The Bertz CT molecular complexity index is 647. The Kier molecular flexibility index (Phi) is 4.10. The third kappa shape index (κ3) is 3.41. The quantitative estimate of drug-likeness (QED) is 0.765. The SMILES string of the molecule is Cc1ccc2c(c1)CCN(Cc1ccc(C(C)(C)C)cc1)C2. The zero-order valence-corrected chi connectivity index (χ0v) is 14.3. The Labute approximate surface area is 135 Å². The van der Waals surface area contributed by atoms with Gasteiger partial charge in [-0.3, -0.25) is 4.90 Å². The van der Waals surface area contributed by atoms with Gasteiger partial charge in [0, 0.05) is 19.6 Å². The molecular formula is C21H27N. The Morgan fingerprint density at radius 2 is 1.68 bits per heavy atom. The van der Waals surface area contributed by atoms with Gasteiger partial charge in [0.15, 0.2) is 0 Å². The molecule has 0 fully saturated rings. The van der Waals surface area contributed by atoms with E-state index in [-0.39, 0.29) is 5.41 Å². The first-order valence-corrected chi connectivity index (χ1v) is 8.32. The summed E-state index contributed by atoms with van der Waals surface area (Å²) in [5.74, 6) is 0. The van der Waals surface area contributed by atoms with Crippen LogP contribution < -0.4 is 0 Å². The van der Waals surface area contributed by atoms with Crippen molar-refractivity contribution in [1.29, 1.82) is 0 Å². The molecule has 0 saturated carbocycles. The van der Waals surface area contributed by atoms with Crippen LogP contribution in [-0.2, 0) is 24.9 Å². The lowest BCUT2D eigenvalue weighted by Gasteiger charge is -2.29. The largest absolute Gasteiger partial charge is 0.294 e. The highest BCUT2D eigenvalue weighted by atomic mass is 15.1. The Morgan fingerprint density at radius 3 is 2.36 bits per heavy atom. The lowest BCUT2D eigenvalue weighted by atomic mass is 9.86. The molecule has 0 aliphatic carbocycles. The summed E-state index contributed by atoms with van der Waals surface area (Å²) >= 11 is 0. The fourth-order valence-corrected chi connectivity index (χ4v) is 3.24. The van der Waals surface area contributed by atoms with Crippen molar-refractivity contribution in [2.75, 3.05) is 6.54 Å². The van der Waals surface area contributed by atoms with E-state index in [2.05, 4.69) is 75.1 Å². The molecule has 0 spiro atoms. The van der Waals surface area contributed by atoms with Crippen LogP contribution in [0.3, 0.4) is 0 Å². The minimum Gasteiger partial charge on any atom is -0.294 e.